The molecule has 1 aromatic heterocycles. The fraction of sp³-hybridized carbons (Fsp3) is 0.560. The Kier molecular flexibility index (Phi) is 10.2. The molecule has 0 radical (unpaired) electrons. The molecule has 1 aliphatic carbocycles. The Morgan fingerprint density at radius 2 is 1.87 bits per heavy atom. The zero-order chi connectivity index (χ0) is 27.8. The van der Waals surface area contributed by atoms with Crippen molar-refractivity contribution in [3.8, 4) is 0 Å². The zero-order valence-corrected chi connectivity index (χ0v) is 22.1. The highest BCUT2D eigenvalue weighted by Gasteiger charge is 2.41. The van der Waals surface area contributed by atoms with E-state index < -0.39 is 35.6 Å². The highest BCUT2D eigenvalue weighted by molar-refractivity contribution is 7.16. The number of aliphatic carboxylic acids is 1. The van der Waals surface area contributed by atoms with Gasteiger partial charge in [-0.2, -0.15) is 0 Å². The van der Waals surface area contributed by atoms with E-state index in [9.17, 15) is 24.0 Å². The van der Waals surface area contributed by atoms with Crippen LogP contribution >= 0.6 is 11.3 Å². The highest BCUT2D eigenvalue weighted by atomic mass is 32.1. The molecule has 2 fully saturated rings. The van der Waals surface area contributed by atoms with E-state index in [1.807, 2.05) is 0 Å². The van der Waals surface area contributed by atoms with E-state index in [0.29, 0.717) is 44.0 Å². The summed E-state index contributed by atoms with van der Waals surface area (Å²) in [7, 11) is 0. The Bertz CT molecular complexity index is 1120. The summed E-state index contributed by atoms with van der Waals surface area (Å²) < 4.78 is 5.07. The second-order valence-corrected chi connectivity index (χ2v) is 10.4. The minimum Gasteiger partial charge on any atom is -0.477 e. The Balaban J connectivity index is 2.00. The van der Waals surface area contributed by atoms with Crippen LogP contribution in [0.1, 0.15) is 78.4 Å². The van der Waals surface area contributed by atoms with Crippen LogP contribution in [0.15, 0.2) is 11.1 Å². The van der Waals surface area contributed by atoms with Gasteiger partial charge in [-0.25, -0.2) is 9.79 Å². The smallest absolute Gasteiger partial charge is 0.347 e. The van der Waals surface area contributed by atoms with Gasteiger partial charge in [0.15, 0.2) is 5.84 Å². The third kappa shape index (κ3) is 7.10. The van der Waals surface area contributed by atoms with Gasteiger partial charge in [0, 0.05) is 25.1 Å². The van der Waals surface area contributed by atoms with Crippen LogP contribution in [0, 0.1) is 5.41 Å². The van der Waals surface area contributed by atoms with Gasteiger partial charge in [0.25, 0.3) is 11.8 Å². The molecule has 1 aliphatic heterocycles. The van der Waals surface area contributed by atoms with E-state index in [-0.39, 0.29) is 34.9 Å². The summed E-state index contributed by atoms with van der Waals surface area (Å²) in [5, 5.41) is 17.1. The largest absolute Gasteiger partial charge is 0.477 e. The first-order valence-electron chi connectivity index (χ1n) is 12.6. The predicted molar refractivity (Wildman–Crippen MR) is 139 cm³/mol. The molecule has 1 saturated heterocycles. The van der Waals surface area contributed by atoms with Crippen molar-refractivity contribution >= 4 is 53.0 Å². The summed E-state index contributed by atoms with van der Waals surface area (Å²) in [6.45, 7) is 1.13. The van der Waals surface area contributed by atoms with Crippen molar-refractivity contribution in [1.29, 1.82) is 5.41 Å². The van der Waals surface area contributed by atoms with Gasteiger partial charge in [0.05, 0.1) is 16.3 Å². The molecule has 2 heterocycles. The molecule has 13 heteroatoms. The molecule has 38 heavy (non-hydrogen) atoms. The number of likely N-dealkylation sites (tertiary alicyclic amines) is 1. The number of carboxylic acid groups (broad SMARTS) is 1. The SMILES string of the molecule is CC(=O)OCc1cc(C(=O)N(C(=O)[C@@H]2CCCN2C(=O)CN)C2CCCCCC2)sc1C(=N)N=CC(=O)O. The molecule has 4 N–H and O–H groups in total. The Labute approximate surface area is 224 Å². The molecule has 1 saturated carbocycles. The molecule has 0 aromatic carbocycles. The van der Waals surface area contributed by atoms with Gasteiger partial charge in [-0.3, -0.25) is 29.5 Å². The number of hydrogen-bond acceptors (Lipinski definition) is 9. The van der Waals surface area contributed by atoms with E-state index in [0.717, 1.165) is 37.0 Å². The van der Waals surface area contributed by atoms with Crippen LogP contribution in [-0.4, -0.2) is 81.8 Å². The number of nitrogens with zero attached hydrogens (tertiary/aromatic N) is 3. The van der Waals surface area contributed by atoms with Gasteiger partial charge in [0.1, 0.15) is 18.9 Å². The number of amidine groups is 1. The fourth-order valence-corrected chi connectivity index (χ4v) is 5.88. The second kappa shape index (κ2) is 13.4. The zero-order valence-electron chi connectivity index (χ0n) is 21.3. The van der Waals surface area contributed by atoms with Crippen molar-refractivity contribution in [3.63, 3.8) is 0 Å². The van der Waals surface area contributed by atoms with Gasteiger partial charge < -0.3 is 20.5 Å². The Morgan fingerprint density at radius 3 is 2.47 bits per heavy atom. The molecule has 2 aliphatic rings. The van der Waals surface area contributed by atoms with E-state index >= 15 is 0 Å². The molecular weight excluding hydrogens is 514 g/mol. The summed E-state index contributed by atoms with van der Waals surface area (Å²) in [6, 6.07) is 0.321. The lowest BCUT2D eigenvalue weighted by Gasteiger charge is -2.34. The number of esters is 1. The number of carbonyl (C=O) groups is 5. The monoisotopic (exact) mass is 547 g/mol. The molecular formula is C25H33N5O7S. The average molecular weight is 548 g/mol. The molecule has 3 amide bonds. The Hall–Kier alpha value is -3.45. The number of rotatable bonds is 8. The molecule has 1 aromatic rings. The molecule has 0 bridgehead atoms. The summed E-state index contributed by atoms with van der Waals surface area (Å²) in [5.74, 6) is -3.69. The average Bonchev–Trinajstić information content (AvgIpc) is 3.47. The second-order valence-electron chi connectivity index (χ2n) is 9.30. The number of carboxylic acids is 1. The van der Waals surface area contributed by atoms with Crippen molar-refractivity contribution in [3.05, 3.63) is 21.4 Å². The number of nitrogens with one attached hydrogen (secondary N) is 1. The maximum absolute atomic E-state index is 14.0. The van der Waals surface area contributed by atoms with Crippen molar-refractivity contribution in [2.45, 2.75) is 77.0 Å². The molecule has 12 nitrogen and oxygen atoms in total. The minimum atomic E-state index is -1.34. The standard InChI is InChI=1S/C25H33N5O7S/c1-15(31)37-14-16-11-19(38-22(16)23(27)28-13-21(33)34)25(36)30(17-7-4-2-3-5-8-17)24(35)18-9-6-10-29(18)20(32)12-26/h11,13,17-18,27H,2-10,12,14,26H2,1H3,(H,33,34)/t18-/m0/s1. The summed E-state index contributed by atoms with van der Waals surface area (Å²) in [6.07, 6.45) is 6.64. The van der Waals surface area contributed by atoms with E-state index in [2.05, 4.69) is 4.99 Å². The normalized spacial score (nSPS) is 18.3. The van der Waals surface area contributed by atoms with Gasteiger partial charge in [0.2, 0.25) is 5.91 Å². The number of imide groups is 1. The number of thiophene rings is 1. The first-order valence-corrected chi connectivity index (χ1v) is 13.4. The summed E-state index contributed by atoms with van der Waals surface area (Å²) in [5.41, 5.74) is 5.86. The van der Waals surface area contributed by atoms with Crippen molar-refractivity contribution in [1.82, 2.24) is 9.80 Å². The van der Waals surface area contributed by atoms with Crippen LogP contribution < -0.4 is 5.73 Å². The molecule has 3 rings (SSSR count). The first kappa shape index (κ1) is 29.1. The number of hydrogen-bond donors (Lipinski definition) is 3. The molecule has 206 valence electrons. The van der Waals surface area contributed by atoms with Gasteiger partial charge in [-0.15, -0.1) is 11.3 Å². The predicted octanol–water partition coefficient (Wildman–Crippen LogP) is 1.93. The fourth-order valence-electron chi connectivity index (χ4n) is 4.88. The van der Waals surface area contributed by atoms with Crippen LogP contribution in [0.2, 0.25) is 0 Å². The van der Waals surface area contributed by atoms with Crippen LogP contribution in [-0.2, 0) is 30.5 Å². The number of amides is 3. The van der Waals surface area contributed by atoms with Crippen LogP contribution in [0.5, 0.6) is 0 Å². The maximum Gasteiger partial charge on any atom is 0.347 e. The van der Waals surface area contributed by atoms with Gasteiger partial charge in [-0.05, 0) is 31.7 Å². The van der Waals surface area contributed by atoms with Crippen molar-refractivity contribution in [2.75, 3.05) is 13.1 Å². The first-order chi connectivity index (χ1) is 18.1. The lowest BCUT2D eigenvalue weighted by Crippen LogP contribution is -2.54. The maximum atomic E-state index is 14.0. The van der Waals surface area contributed by atoms with E-state index in [4.69, 9.17) is 21.0 Å². The quantitative estimate of drug-likeness (QED) is 0.145. The van der Waals surface area contributed by atoms with Crippen molar-refractivity contribution < 1.29 is 33.8 Å². The van der Waals surface area contributed by atoms with Crippen LogP contribution in [0.3, 0.4) is 0 Å². The number of aliphatic imine (C=N–C) groups is 1. The number of ether oxygens (including phenoxy) is 1. The molecule has 0 spiro atoms. The molecule has 0 unspecified atom stereocenters. The lowest BCUT2D eigenvalue weighted by molar-refractivity contribution is -0.142. The number of carbonyl (C=O) groups excluding carboxylic acids is 4. The molecule has 1 atom stereocenters. The minimum absolute atomic E-state index is 0.129. The third-order valence-electron chi connectivity index (χ3n) is 6.65. The third-order valence-corrected chi connectivity index (χ3v) is 7.82. The summed E-state index contributed by atoms with van der Waals surface area (Å²) in [4.78, 5) is 69.2. The number of nitrogens with two attached hydrogens (primary N) is 1. The van der Waals surface area contributed by atoms with Gasteiger partial charge >= 0.3 is 11.9 Å². The van der Waals surface area contributed by atoms with E-state index in [1.165, 1.54) is 22.8 Å². The van der Waals surface area contributed by atoms with E-state index in [1.54, 1.807) is 0 Å². The van der Waals surface area contributed by atoms with Gasteiger partial charge in [-0.1, -0.05) is 25.7 Å². The lowest BCUT2D eigenvalue weighted by atomic mass is 10.0. The Morgan fingerprint density at radius 1 is 1.18 bits per heavy atom. The van der Waals surface area contributed by atoms with Crippen LogP contribution in [0.4, 0.5) is 0 Å². The topological polar surface area (TPSA) is 184 Å². The van der Waals surface area contributed by atoms with Crippen LogP contribution in [0.25, 0.3) is 0 Å². The highest BCUT2D eigenvalue weighted by Crippen LogP contribution is 2.31. The summed E-state index contributed by atoms with van der Waals surface area (Å²) >= 11 is 0.882. The van der Waals surface area contributed by atoms with Crippen molar-refractivity contribution in [2.24, 2.45) is 10.7 Å².